The van der Waals surface area contributed by atoms with E-state index in [1.54, 1.807) is 11.3 Å². The molecule has 2 aromatic rings. The highest BCUT2D eigenvalue weighted by Crippen LogP contribution is 2.39. The molecule has 4 rings (SSSR count). The summed E-state index contributed by atoms with van der Waals surface area (Å²) in [5.41, 5.74) is 1.33. The van der Waals surface area contributed by atoms with Gasteiger partial charge in [0, 0.05) is 29.5 Å². The summed E-state index contributed by atoms with van der Waals surface area (Å²) in [6.45, 7) is 1.19. The van der Waals surface area contributed by atoms with E-state index in [2.05, 4.69) is 36.8 Å². The molecule has 3 heterocycles. The number of fused-ring (bicyclic) bond motifs is 1. The molecule has 2 aromatic heterocycles. The predicted octanol–water partition coefficient (Wildman–Crippen LogP) is 4.45. The van der Waals surface area contributed by atoms with Gasteiger partial charge in [0.1, 0.15) is 0 Å². The van der Waals surface area contributed by atoms with Crippen LogP contribution in [0.4, 0.5) is 5.82 Å². The van der Waals surface area contributed by atoms with E-state index in [0.29, 0.717) is 0 Å². The first-order chi connectivity index (χ1) is 9.88. The fourth-order valence-corrected chi connectivity index (χ4v) is 5.31. The average Bonchev–Trinajstić information content (AvgIpc) is 3.21. The van der Waals surface area contributed by atoms with Crippen molar-refractivity contribution in [1.82, 2.24) is 9.38 Å². The minimum absolute atomic E-state index is 0.736. The van der Waals surface area contributed by atoms with Gasteiger partial charge in [-0.15, -0.1) is 11.3 Å². The van der Waals surface area contributed by atoms with Crippen LogP contribution in [0.15, 0.2) is 11.6 Å². The van der Waals surface area contributed by atoms with Crippen LogP contribution in [-0.4, -0.2) is 22.0 Å². The molecule has 2 aliphatic rings. The maximum Gasteiger partial charge on any atom is 0.195 e. The number of hydrogen-bond donors (Lipinski definition) is 0. The molecule has 0 amide bonds. The topological polar surface area (TPSA) is 20.5 Å². The zero-order valence-electron chi connectivity index (χ0n) is 11.6. The lowest BCUT2D eigenvalue weighted by Crippen LogP contribution is -2.35. The molecule has 0 radical (unpaired) electrons. The first-order valence-electron chi connectivity index (χ1n) is 7.65. The summed E-state index contributed by atoms with van der Waals surface area (Å²) >= 11 is 5.40. The summed E-state index contributed by atoms with van der Waals surface area (Å²) in [5.74, 6) is 2.14. The van der Waals surface area contributed by atoms with E-state index < -0.39 is 0 Å². The fourth-order valence-electron chi connectivity index (χ4n) is 4.06. The molecule has 1 aliphatic heterocycles. The number of halogens is 1. The van der Waals surface area contributed by atoms with E-state index in [0.717, 1.165) is 22.3 Å². The van der Waals surface area contributed by atoms with Gasteiger partial charge in [0.2, 0.25) is 0 Å². The second kappa shape index (κ2) is 5.34. The van der Waals surface area contributed by atoms with E-state index in [1.165, 1.54) is 56.6 Å². The van der Waals surface area contributed by atoms with Gasteiger partial charge in [0.05, 0.1) is 5.69 Å². The Hall–Kier alpha value is -0.550. The Labute approximate surface area is 132 Å². The summed E-state index contributed by atoms with van der Waals surface area (Å²) in [6.07, 6.45) is 10.5. The molecule has 0 aromatic carbocycles. The maximum atomic E-state index is 4.92. The molecule has 108 valence electrons. The van der Waals surface area contributed by atoms with E-state index in [1.807, 2.05) is 0 Å². The van der Waals surface area contributed by atoms with Gasteiger partial charge >= 0.3 is 0 Å². The van der Waals surface area contributed by atoms with Gasteiger partial charge in [0.15, 0.2) is 10.8 Å². The fraction of sp³-hybridized carbons (Fsp3) is 0.667. The van der Waals surface area contributed by atoms with Gasteiger partial charge < -0.3 is 4.90 Å². The van der Waals surface area contributed by atoms with Crippen LogP contribution in [-0.2, 0) is 5.33 Å². The van der Waals surface area contributed by atoms with E-state index in [4.69, 9.17) is 4.98 Å². The average molecular weight is 354 g/mol. The summed E-state index contributed by atoms with van der Waals surface area (Å²) in [5, 5.41) is 3.00. The van der Waals surface area contributed by atoms with Crippen molar-refractivity contribution in [1.29, 1.82) is 0 Å². The quantitative estimate of drug-likeness (QED) is 0.759. The molecular formula is C15H20BrN3S. The lowest BCUT2D eigenvalue weighted by Gasteiger charge is -2.30. The molecule has 3 nitrogen and oxygen atoms in total. The second-order valence-corrected chi connectivity index (χ2v) is 7.45. The van der Waals surface area contributed by atoms with Crippen LogP contribution in [0, 0.1) is 5.92 Å². The molecule has 1 atom stereocenters. The second-order valence-electron chi connectivity index (χ2n) is 6.02. The van der Waals surface area contributed by atoms with Gasteiger partial charge in [-0.2, -0.15) is 0 Å². The third kappa shape index (κ3) is 2.01. The number of hydrogen-bond acceptors (Lipinski definition) is 3. The van der Waals surface area contributed by atoms with Gasteiger partial charge in [-0.1, -0.05) is 28.8 Å². The third-order valence-electron chi connectivity index (χ3n) is 4.98. The molecule has 0 spiro atoms. The highest BCUT2D eigenvalue weighted by molar-refractivity contribution is 9.08. The Morgan fingerprint density at radius 1 is 1.25 bits per heavy atom. The van der Waals surface area contributed by atoms with E-state index >= 15 is 0 Å². The third-order valence-corrected chi connectivity index (χ3v) is 6.27. The Morgan fingerprint density at radius 2 is 2.10 bits per heavy atom. The number of nitrogens with zero attached hydrogens (tertiary/aromatic N) is 3. The van der Waals surface area contributed by atoms with Crippen LogP contribution >= 0.6 is 27.3 Å². The van der Waals surface area contributed by atoms with Crippen molar-refractivity contribution >= 4 is 38.0 Å². The zero-order valence-corrected chi connectivity index (χ0v) is 14.0. The van der Waals surface area contributed by atoms with Crippen molar-refractivity contribution in [3.05, 3.63) is 17.3 Å². The van der Waals surface area contributed by atoms with Crippen LogP contribution in [0.5, 0.6) is 0 Å². The van der Waals surface area contributed by atoms with Gasteiger partial charge in [0.25, 0.3) is 0 Å². The number of aromatic nitrogens is 2. The number of anilines is 1. The molecular weight excluding hydrogens is 334 g/mol. The highest BCUT2D eigenvalue weighted by atomic mass is 79.9. The van der Waals surface area contributed by atoms with Crippen molar-refractivity contribution in [3.8, 4) is 0 Å². The molecule has 1 saturated heterocycles. The largest absolute Gasteiger partial charge is 0.352 e. The predicted molar refractivity (Wildman–Crippen MR) is 88.0 cm³/mol. The molecule has 2 fully saturated rings. The van der Waals surface area contributed by atoms with Crippen molar-refractivity contribution in [2.45, 2.75) is 49.9 Å². The maximum absolute atomic E-state index is 4.92. The monoisotopic (exact) mass is 353 g/mol. The van der Waals surface area contributed by atoms with Crippen molar-refractivity contribution < 1.29 is 0 Å². The van der Waals surface area contributed by atoms with Crippen LogP contribution in [0.1, 0.15) is 44.2 Å². The first-order valence-corrected chi connectivity index (χ1v) is 9.65. The first kappa shape index (κ1) is 13.1. The standard InChI is InChI=1S/C15H20BrN3S/c16-10-13-14(17-15-19(13)8-9-20-15)18-7-3-6-12(18)11-4-1-2-5-11/h8-9,11-12H,1-7,10H2. The molecule has 1 aliphatic carbocycles. The molecule has 1 saturated carbocycles. The number of thiazole rings is 1. The number of rotatable bonds is 3. The van der Waals surface area contributed by atoms with Crippen LogP contribution < -0.4 is 4.90 Å². The Morgan fingerprint density at radius 3 is 2.90 bits per heavy atom. The van der Waals surface area contributed by atoms with Gasteiger partial charge in [-0.25, -0.2) is 4.98 Å². The lowest BCUT2D eigenvalue weighted by molar-refractivity contribution is 0.429. The Bertz CT molecular complexity index is 599. The highest BCUT2D eigenvalue weighted by Gasteiger charge is 2.35. The molecule has 0 N–H and O–H groups in total. The lowest BCUT2D eigenvalue weighted by atomic mass is 9.96. The van der Waals surface area contributed by atoms with E-state index in [-0.39, 0.29) is 0 Å². The molecule has 20 heavy (non-hydrogen) atoms. The van der Waals surface area contributed by atoms with Crippen molar-refractivity contribution in [3.63, 3.8) is 0 Å². The van der Waals surface area contributed by atoms with Gasteiger partial charge in [-0.05, 0) is 31.6 Å². The van der Waals surface area contributed by atoms with Gasteiger partial charge in [-0.3, -0.25) is 4.40 Å². The van der Waals surface area contributed by atoms with Crippen LogP contribution in [0.25, 0.3) is 4.96 Å². The SMILES string of the molecule is BrCc1c(N2CCCC2C2CCCC2)nc2sccn12. The summed E-state index contributed by atoms with van der Waals surface area (Å²) < 4.78 is 2.25. The molecule has 1 unspecified atom stereocenters. The minimum Gasteiger partial charge on any atom is -0.352 e. The van der Waals surface area contributed by atoms with Crippen molar-refractivity contribution in [2.24, 2.45) is 5.92 Å². The summed E-state index contributed by atoms with van der Waals surface area (Å²) in [4.78, 5) is 8.67. The van der Waals surface area contributed by atoms with Crippen LogP contribution in [0.3, 0.4) is 0 Å². The normalized spacial score (nSPS) is 24.2. The summed E-state index contributed by atoms with van der Waals surface area (Å²) in [6, 6.07) is 0.736. The van der Waals surface area contributed by atoms with E-state index in [9.17, 15) is 0 Å². The number of alkyl halides is 1. The molecule has 5 heteroatoms. The molecule has 0 bridgehead atoms. The smallest absolute Gasteiger partial charge is 0.195 e. The van der Waals surface area contributed by atoms with Crippen LogP contribution in [0.2, 0.25) is 0 Å². The number of imidazole rings is 1. The summed E-state index contributed by atoms with van der Waals surface area (Å²) in [7, 11) is 0. The minimum atomic E-state index is 0.736. The Balaban J connectivity index is 1.71. The van der Waals surface area contributed by atoms with Crippen molar-refractivity contribution in [2.75, 3.05) is 11.4 Å². The Kier molecular flexibility index (Phi) is 3.50. The zero-order chi connectivity index (χ0) is 13.5.